The molecule has 0 unspecified atom stereocenters. The minimum atomic E-state index is 0.117. The number of nitrogens with one attached hydrogen (secondary N) is 1. The van der Waals surface area contributed by atoms with Crippen LogP contribution in [0.15, 0.2) is 48.7 Å². The van der Waals surface area contributed by atoms with Crippen molar-refractivity contribution in [2.75, 3.05) is 14.2 Å². The summed E-state index contributed by atoms with van der Waals surface area (Å²) in [4.78, 5) is 0. The lowest BCUT2D eigenvalue weighted by atomic mass is 10.1. The number of hydrogen-bond acceptors (Lipinski definition) is 4. The molecule has 0 radical (unpaired) electrons. The van der Waals surface area contributed by atoms with Crippen molar-refractivity contribution >= 4 is 11.6 Å². The van der Waals surface area contributed by atoms with Crippen LogP contribution in [-0.4, -0.2) is 24.0 Å². The molecule has 1 aromatic heterocycles. The molecule has 1 atom stereocenters. The fourth-order valence-corrected chi connectivity index (χ4v) is 3.30. The van der Waals surface area contributed by atoms with Crippen LogP contribution >= 0.6 is 11.6 Å². The van der Waals surface area contributed by atoms with E-state index in [0.29, 0.717) is 23.1 Å². The summed E-state index contributed by atoms with van der Waals surface area (Å²) in [7, 11) is 3.22. The maximum absolute atomic E-state index is 6.39. The fraction of sp³-hybridized carbons (Fsp3) is 0.286. The second-order valence-electron chi connectivity index (χ2n) is 6.33. The highest BCUT2D eigenvalue weighted by Gasteiger charge is 2.15. The average Bonchev–Trinajstić information content (AvgIpc) is 3.08. The largest absolute Gasteiger partial charge is 0.493 e. The second kappa shape index (κ2) is 8.46. The molecular weight excluding hydrogens is 362 g/mol. The first-order valence-corrected chi connectivity index (χ1v) is 9.16. The van der Waals surface area contributed by atoms with Gasteiger partial charge in [0, 0.05) is 34.9 Å². The number of methoxy groups -OCH3 is 2. The number of nitrogens with zero attached hydrogens (tertiary/aromatic N) is 2. The third kappa shape index (κ3) is 4.10. The van der Waals surface area contributed by atoms with Crippen LogP contribution in [0.1, 0.15) is 29.8 Å². The van der Waals surface area contributed by atoms with Gasteiger partial charge < -0.3 is 14.8 Å². The van der Waals surface area contributed by atoms with Crippen LogP contribution < -0.4 is 14.8 Å². The molecule has 0 spiro atoms. The third-order valence-electron chi connectivity index (χ3n) is 4.67. The Kier molecular flexibility index (Phi) is 6.04. The topological polar surface area (TPSA) is 48.3 Å². The Morgan fingerprint density at radius 1 is 1.11 bits per heavy atom. The van der Waals surface area contributed by atoms with Crippen LogP contribution in [0.25, 0.3) is 5.69 Å². The molecule has 0 saturated heterocycles. The fourth-order valence-electron chi connectivity index (χ4n) is 3.08. The zero-order valence-electron chi connectivity index (χ0n) is 16.0. The highest BCUT2D eigenvalue weighted by Crippen LogP contribution is 2.33. The van der Waals surface area contributed by atoms with E-state index >= 15 is 0 Å². The normalized spacial score (nSPS) is 12.0. The van der Waals surface area contributed by atoms with Crippen molar-refractivity contribution in [1.82, 2.24) is 15.1 Å². The maximum Gasteiger partial charge on any atom is 0.162 e. The second-order valence-corrected chi connectivity index (χ2v) is 6.74. The van der Waals surface area contributed by atoms with Gasteiger partial charge in [-0.05, 0) is 37.6 Å². The molecule has 1 N–H and O–H groups in total. The van der Waals surface area contributed by atoms with Crippen LogP contribution in [-0.2, 0) is 6.54 Å². The zero-order chi connectivity index (χ0) is 19.4. The van der Waals surface area contributed by atoms with E-state index in [1.165, 1.54) is 0 Å². The predicted octanol–water partition coefficient (Wildman–Crippen LogP) is 4.70. The molecule has 6 heteroatoms. The van der Waals surface area contributed by atoms with Gasteiger partial charge >= 0.3 is 0 Å². The van der Waals surface area contributed by atoms with Gasteiger partial charge in [-0.2, -0.15) is 5.10 Å². The van der Waals surface area contributed by atoms with Crippen molar-refractivity contribution in [3.05, 3.63) is 70.5 Å². The van der Waals surface area contributed by atoms with Crippen LogP contribution in [0.3, 0.4) is 0 Å². The molecular formula is C21H24ClN3O2. The average molecular weight is 386 g/mol. The first-order chi connectivity index (χ1) is 13.0. The van der Waals surface area contributed by atoms with E-state index in [9.17, 15) is 0 Å². The quantitative estimate of drug-likeness (QED) is 0.640. The molecule has 142 valence electrons. The van der Waals surface area contributed by atoms with Gasteiger partial charge in [-0.3, -0.25) is 0 Å². The lowest BCUT2D eigenvalue weighted by molar-refractivity contribution is 0.354. The summed E-state index contributed by atoms with van der Waals surface area (Å²) in [6.07, 6.45) is 1.91. The summed E-state index contributed by atoms with van der Waals surface area (Å²) < 4.78 is 12.6. The Bertz CT molecular complexity index is 909. The molecule has 3 rings (SSSR count). The van der Waals surface area contributed by atoms with E-state index in [1.807, 2.05) is 47.3 Å². The van der Waals surface area contributed by atoms with Crippen molar-refractivity contribution < 1.29 is 9.47 Å². The minimum Gasteiger partial charge on any atom is -0.493 e. The van der Waals surface area contributed by atoms with Gasteiger partial charge in [0.15, 0.2) is 11.5 Å². The first kappa shape index (κ1) is 19.3. The van der Waals surface area contributed by atoms with E-state index in [4.69, 9.17) is 21.1 Å². The number of hydrogen-bond donors (Lipinski definition) is 1. The zero-order valence-corrected chi connectivity index (χ0v) is 16.7. The summed E-state index contributed by atoms with van der Waals surface area (Å²) in [6.45, 7) is 4.81. The highest BCUT2D eigenvalue weighted by atomic mass is 35.5. The molecule has 0 bridgehead atoms. The molecule has 1 heterocycles. The Hall–Kier alpha value is -2.50. The summed E-state index contributed by atoms with van der Waals surface area (Å²) in [5.41, 5.74) is 4.26. The molecule has 0 aliphatic carbocycles. The van der Waals surface area contributed by atoms with Crippen LogP contribution in [0.2, 0.25) is 5.02 Å². The van der Waals surface area contributed by atoms with Gasteiger partial charge in [-0.1, -0.05) is 29.8 Å². The van der Waals surface area contributed by atoms with Crippen molar-refractivity contribution in [2.45, 2.75) is 26.4 Å². The highest BCUT2D eigenvalue weighted by molar-refractivity contribution is 6.31. The van der Waals surface area contributed by atoms with Gasteiger partial charge in [0.05, 0.1) is 26.1 Å². The molecule has 27 heavy (non-hydrogen) atoms. The van der Waals surface area contributed by atoms with Crippen LogP contribution in [0.5, 0.6) is 11.5 Å². The summed E-state index contributed by atoms with van der Waals surface area (Å²) >= 11 is 6.39. The molecule has 0 amide bonds. The Labute approximate surface area is 164 Å². The number of halogens is 1. The standard InChI is InChI=1S/C21H24ClN3O2/c1-14(18-13-24-25(15(18)2)17-8-6-5-7-9-17)23-12-16-10-20(26-3)21(27-4)11-19(16)22/h5-11,13-14,23H,12H2,1-4H3/t14-/m0/s1. The summed E-state index contributed by atoms with van der Waals surface area (Å²) in [6, 6.07) is 13.9. The number of aromatic nitrogens is 2. The van der Waals surface area contributed by atoms with Gasteiger partial charge in [0.2, 0.25) is 0 Å². The smallest absolute Gasteiger partial charge is 0.162 e. The number of rotatable bonds is 7. The number of benzene rings is 2. The maximum atomic E-state index is 6.39. The molecule has 0 saturated carbocycles. The molecule has 3 aromatic rings. The molecule has 0 aliphatic rings. The van der Waals surface area contributed by atoms with E-state index < -0.39 is 0 Å². The van der Waals surface area contributed by atoms with Gasteiger partial charge in [-0.25, -0.2) is 4.68 Å². The number of ether oxygens (including phenoxy) is 2. The van der Waals surface area contributed by atoms with E-state index in [2.05, 4.69) is 24.3 Å². The van der Waals surface area contributed by atoms with Crippen molar-refractivity contribution in [2.24, 2.45) is 0 Å². The van der Waals surface area contributed by atoms with Crippen LogP contribution in [0.4, 0.5) is 0 Å². The molecule has 2 aromatic carbocycles. The van der Waals surface area contributed by atoms with Crippen molar-refractivity contribution in [1.29, 1.82) is 0 Å². The Morgan fingerprint density at radius 3 is 2.44 bits per heavy atom. The monoisotopic (exact) mass is 385 g/mol. The van der Waals surface area contributed by atoms with Gasteiger partial charge in [0.1, 0.15) is 0 Å². The lowest BCUT2D eigenvalue weighted by Gasteiger charge is -2.16. The molecule has 0 fully saturated rings. The van der Waals surface area contributed by atoms with E-state index in [-0.39, 0.29) is 6.04 Å². The molecule has 0 aliphatic heterocycles. The van der Waals surface area contributed by atoms with Crippen molar-refractivity contribution in [3.63, 3.8) is 0 Å². The number of para-hydroxylation sites is 1. The third-order valence-corrected chi connectivity index (χ3v) is 5.02. The molecule has 5 nitrogen and oxygen atoms in total. The minimum absolute atomic E-state index is 0.117. The van der Waals surface area contributed by atoms with Gasteiger partial charge in [0.25, 0.3) is 0 Å². The summed E-state index contributed by atoms with van der Waals surface area (Å²) in [5, 5.41) is 8.70. The lowest BCUT2D eigenvalue weighted by Crippen LogP contribution is -2.19. The van der Waals surface area contributed by atoms with Gasteiger partial charge in [-0.15, -0.1) is 0 Å². The Balaban J connectivity index is 1.75. The van der Waals surface area contributed by atoms with Crippen molar-refractivity contribution in [3.8, 4) is 17.2 Å². The SMILES string of the molecule is COc1cc(Cl)c(CN[C@@H](C)c2cnn(-c3ccccc3)c2C)cc1OC. The summed E-state index contributed by atoms with van der Waals surface area (Å²) in [5.74, 6) is 1.29. The predicted molar refractivity (Wildman–Crippen MR) is 108 cm³/mol. The first-order valence-electron chi connectivity index (χ1n) is 8.79. The van der Waals surface area contributed by atoms with E-state index in [1.54, 1.807) is 20.3 Å². The van der Waals surface area contributed by atoms with E-state index in [0.717, 1.165) is 22.5 Å². The Morgan fingerprint density at radius 2 is 1.78 bits per heavy atom. The van der Waals surface area contributed by atoms with Crippen LogP contribution in [0, 0.1) is 6.92 Å².